The van der Waals surface area contributed by atoms with Crippen molar-refractivity contribution >= 4 is 20.0 Å². The third-order valence-electron chi connectivity index (χ3n) is 5.83. The van der Waals surface area contributed by atoms with Gasteiger partial charge in [-0.15, -0.1) is 0 Å². The average molecular weight is 465 g/mol. The molecule has 0 amide bonds. The van der Waals surface area contributed by atoms with Crippen molar-refractivity contribution in [2.24, 2.45) is 0 Å². The maximum atomic E-state index is 13.6. The van der Waals surface area contributed by atoms with Crippen LogP contribution in [0, 0.1) is 0 Å². The van der Waals surface area contributed by atoms with Crippen LogP contribution in [0.15, 0.2) is 58.3 Å². The standard InChI is InChI=1S/C22H28N2O5S2/c1-29-19-13-9-17(10-14-19)22-8-3-2-4-15-24(22)31(27,28)21-7-5-6-20(16-21)30(25,26)23-18-11-12-18/h5-7,9-10,13-14,16,18,22-23H,2-4,8,11-12,15H2,1H3/t22-/m1/s1. The third kappa shape index (κ3) is 4.95. The van der Waals surface area contributed by atoms with E-state index in [-0.39, 0.29) is 21.9 Å². The minimum absolute atomic E-state index is 0.00610. The highest BCUT2D eigenvalue weighted by Crippen LogP contribution is 2.35. The summed E-state index contributed by atoms with van der Waals surface area (Å²) in [5.74, 6) is 0.716. The molecule has 1 aliphatic heterocycles. The van der Waals surface area contributed by atoms with Gasteiger partial charge in [0.05, 0.1) is 22.9 Å². The molecule has 2 aromatic carbocycles. The van der Waals surface area contributed by atoms with Crippen LogP contribution >= 0.6 is 0 Å². The van der Waals surface area contributed by atoms with Gasteiger partial charge in [-0.2, -0.15) is 4.31 Å². The molecule has 0 unspecified atom stereocenters. The summed E-state index contributed by atoms with van der Waals surface area (Å²) in [5, 5.41) is 0. The summed E-state index contributed by atoms with van der Waals surface area (Å²) >= 11 is 0. The lowest BCUT2D eigenvalue weighted by atomic mass is 10.0. The number of nitrogens with zero attached hydrogens (tertiary/aromatic N) is 1. The Balaban J connectivity index is 1.68. The van der Waals surface area contributed by atoms with Crippen molar-refractivity contribution < 1.29 is 21.6 Å². The monoisotopic (exact) mass is 464 g/mol. The van der Waals surface area contributed by atoms with Gasteiger partial charge >= 0.3 is 0 Å². The van der Waals surface area contributed by atoms with E-state index >= 15 is 0 Å². The summed E-state index contributed by atoms with van der Waals surface area (Å²) in [6.07, 6.45) is 5.00. The molecule has 2 aromatic rings. The Hall–Kier alpha value is -1.94. The van der Waals surface area contributed by atoms with Crippen molar-refractivity contribution in [3.63, 3.8) is 0 Å². The molecule has 168 valence electrons. The van der Waals surface area contributed by atoms with E-state index in [1.54, 1.807) is 7.11 Å². The maximum Gasteiger partial charge on any atom is 0.243 e. The van der Waals surface area contributed by atoms with Gasteiger partial charge in [-0.3, -0.25) is 0 Å². The molecule has 0 bridgehead atoms. The molecule has 1 saturated carbocycles. The van der Waals surface area contributed by atoms with Crippen molar-refractivity contribution in [2.75, 3.05) is 13.7 Å². The highest BCUT2D eigenvalue weighted by atomic mass is 32.2. The molecule has 2 fully saturated rings. The molecule has 9 heteroatoms. The molecule has 31 heavy (non-hydrogen) atoms. The topological polar surface area (TPSA) is 92.8 Å². The normalized spacial score (nSPS) is 20.9. The number of hydrogen-bond acceptors (Lipinski definition) is 5. The van der Waals surface area contributed by atoms with Gasteiger partial charge in [0.1, 0.15) is 5.75 Å². The Morgan fingerprint density at radius 3 is 2.29 bits per heavy atom. The summed E-state index contributed by atoms with van der Waals surface area (Å²) in [4.78, 5) is -0.0112. The zero-order valence-electron chi connectivity index (χ0n) is 17.5. The van der Waals surface area contributed by atoms with Gasteiger partial charge in [-0.05, 0) is 61.6 Å². The second-order valence-electron chi connectivity index (χ2n) is 8.12. The second kappa shape index (κ2) is 8.90. The number of nitrogens with one attached hydrogen (secondary N) is 1. The molecule has 1 saturated heterocycles. The molecule has 1 atom stereocenters. The average Bonchev–Trinajstić information content (AvgIpc) is 3.60. The fourth-order valence-electron chi connectivity index (χ4n) is 3.95. The van der Waals surface area contributed by atoms with E-state index in [1.807, 2.05) is 24.3 Å². The molecule has 2 aliphatic rings. The van der Waals surface area contributed by atoms with Gasteiger partial charge in [-0.1, -0.05) is 31.0 Å². The summed E-state index contributed by atoms with van der Waals surface area (Å²) in [6.45, 7) is 0.399. The SMILES string of the molecule is COc1ccc([C@H]2CCCCCN2S(=O)(=O)c2cccc(S(=O)(=O)NC3CC3)c2)cc1. The molecule has 1 heterocycles. The molecule has 1 aliphatic carbocycles. The van der Waals surface area contributed by atoms with Gasteiger partial charge < -0.3 is 4.74 Å². The number of ether oxygens (including phenoxy) is 1. The lowest BCUT2D eigenvalue weighted by Crippen LogP contribution is -2.35. The fourth-order valence-corrected chi connectivity index (χ4v) is 7.11. The number of sulfonamides is 2. The zero-order chi connectivity index (χ0) is 22.1. The van der Waals surface area contributed by atoms with Crippen LogP contribution in [0.2, 0.25) is 0 Å². The van der Waals surface area contributed by atoms with E-state index in [0.29, 0.717) is 18.7 Å². The van der Waals surface area contributed by atoms with Gasteiger partial charge in [0.25, 0.3) is 0 Å². The van der Waals surface area contributed by atoms with Crippen molar-refractivity contribution in [3.05, 3.63) is 54.1 Å². The van der Waals surface area contributed by atoms with Gasteiger partial charge in [0, 0.05) is 12.6 Å². The highest BCUT2D eigenvalue weighted by Gasteiger charge is 2.34. The Morgan fingerprint density at radius 2 is 1.61 bits per heavy atom. The van der Waals surface area contributed by atoms with Gasteiger partial charge in [0.2, 0.25) is 20.0 Å². The Kier molecular flexibility index (Phi) is 6.39. The van der Waals surface area contributed by atoms with Crippen molar-refractivity contribution in [1.82, 2.24) is 9.03 Å². The van der Waals surface area contributed by atoms with E-state index in [2.05, 4.69) is 4.72 Å². The predicted molar refractivity (Wildman–Crippen MR) is 118 cm³/mol. The number of methoxy groups -OCH3 is 1. The molecular formula is C22H28N2O5S2. The first-order valence-electron chi connectivity index (χ1n) is 10.6. The van der Waals surface area contributed by atoms with E-state index in [4.69, 9.17) is 4.74 Å². The molecule has 4 rings (SSSR count). The molecule has 1 N–H and O–H groups in total. The quantitative estimate of drug-likeness (QED) is 0.678. The Labute approximate surface area is 184 Å². The van der Waals surface area contributed by atoms with E-state index < -0.39 is 20.0 Å². The molecule has 0 radical (unpaired) electrons. The van der Waals surface area contributed by atoms with Crippen LogP contribution in [0.25, 0.3) is 0 Å². The third-order valence-corrected chi connectivity index (χ3v) is 9.25. The zero-order valence-corrected chi connectivity index (χ0v) is 19.2. The minimum Gasteiger partial charge on any atom is -0.497 e. The predicted octanol–water partition coefficient (Wildman–Crippen LogP) is 3.44. The second-order valence-corrected chi connectivity index (χ2v) is 11.7. The van der Waals surface area contributed by atoms with E-state index in [0.717, 1.165) is 37.7 Å². The molecule has 0 spiro atoms. The van der Waals surface area contributed by atoms with Crippen LogP contribution in [0.5, 0.6) is 5.75 Å². The fraction of sp³-hybridized carbons (Fsp3) is 0.455. The largest absolute Gasteiger partial charge is 0.497 e. The number of rotatable bonds is 7. The van der Waals surface area contributed by atoms with E-state index in [9.17, 15) is 16.8 Å². The first kappa shape index (κ1) is 22.3. The van der Waals surface area contributed by atoms with Crippen LogP contribution in [-0.4, -0.2) is 40.8 Å². The first-order valence-corrected chi connectivity index (χ1v) is 13.5. The number of benzene rings is 2. The lowest BCUT2D eigenvalue weighted by Gasteiger charge is -2.29. The smallest absolute Gasteiger partial charge is 0.243 e. The van der Waals surface area contributed by atoms with Crippen molar-refractivity contribution in [1.29, 1.82) is 0 Å². The highest BCUT2D eigenvalue weighted by molar-refractivity contribution is 7.90. The van der Waals surface area contributed by atoms with Crippen LogP contribution in [-0.2, 0) is 20.0 Å². The van der Waals surface area contributed by atoms with Gasteiger partial charge in [-0.25, -0.2) is 21.6 Å². The van der Waals surface area contributed by atoms with Crippen molar-refractivity contribution in [3.8, 4) is 5.75 Å². The van der Waals surface area contributed by atoms with Crippen LogP contribution in [0.3, 0.4) is 0 Å². The minimum atomic E-state index is -3.88. The van der Waals surface area contributed by atoms with Crippen LogP contribution in [0.1, 0.15) is 50.1 Å². The van der Waals surface area contributed by atoms with Gasteiger partial charge in [0.15, 0.2) is 0 Å². The van der Waals surface area contributed by atoms with Crippen molar-refractivity contribution in [2.45, 2.75) is 60.4 Å². The molecule has 7 nitrogen and oxygen atoms in total. The van der Waals surface area contributed by atoms with Crippen LogP contribution < -0.4 is 9.46 Å². The molecule has 0 aromatic heterocycles. The lowest BCUT2D eigenvalue weighted by molar-refractivity contribution is 0.328. The first-order chi connectivity index (χ1) is 14.8. The van der Waals surface area contributed by atoms with E-state index in [1.165, 1.54) is 28.6 Å². The Bertz CT molecular complexity index is 1130. The summed E-state index contributed by atoms with van der Waals surface area (Å²) in [5.41, 5.74) is 0.908. The Morgan fingerprint density at radius 1 is 0.903 bits per heavy atom. The summed E-state index contributed by atoms with van der Waals surface area (Å²) in [7, 11) is -6.03. The summed E-state index contributed by atoms with van der Waals surface area (Å²) < 4.78 is 61.9. The van der Waals surface area contributed by atoms with Crippen LogP contribution in [0.4, 0.5) is 0 Å². The number of hydrogen-bond donors (Lipinski definition) is 1. The maximum absolute atomic E-state index is 13.6. The summed E-state index contributed by atoms with van der Waals surface area (Å²) in [6, 6.07) is 12.8. The molecular weight excluding hydrogens is 436 g/mol.